The molecule has 3 fully saturated rings. The molecule has 0 aromatic heterocycles. The summed E-state index contributed by atoms with van der Waals surface area (Å²) in [6.07, 6.45) is -1.17. The molecule has 20 heteroatoms. The Hall–Kier alpha value is -2.15. The fraction of sp³-hybridized carbons (Fsp3) is 0.682. The van der Waals surface area contributed by atoms with Gasteiger partial charge in [-0.05, 0) is 172 Å². The first-order chi connectivity index (χ1) is 28.6. The monoisotopic (exact) mass is 1000 g/mol. The highest BCUT2D eigenvalue weighted by Gasteiger charge is 2.63. The summed E-state index contributed by atoms with van der Waals surface area (Å²) in [6, 6.07) is 5.44. The van der Waals surface area contributed by atoms with Crippen LogP contribution in [0.4, 0.5) is 18.4 Å². The van der Waals surface area contributed by atoms with Crippen LogP contribution in [0, 0.1) is 11.6 Å². The molecule has 2 N–H and O–H groups in total. The van der Waals surface area contributed by atoms with Gasteiger partial charge in [-0.3, -0.25) is 0 Å². The first-order valence-electron chi connectivity index (χ1n) is 21.3. The maximum absolute atomic E-state index is 15.0. The van der Waals surface area contributed by atoms with Gasteiger partial charge >= 0.3 is 33.3 Å². The molecule has 3 aliphatic heterocycles. The van der Waals surface area contributed by atoms with Gasteiger partial charge in [0, 0.05) is 5.46 Å². The Bertz CT molecular complexity index is 1930. The van der Waals surface area contributed by atoms with E-state index < -0.39 is 79.4 Å². The molecule has 2 amide bonds. The minimum Gasteiger partial charge on any atom is -0.444 e. The Morgan fingerprint density at radius 2 is 0.875 bits per heavy atom. The molecule has 0 radical (unpaired) electrons. The third-order valence-corrected chi connectivity index (χ3v) is 13.3. The molecule has 2 aromatic carbocycles. The average molecular weight is 1010 g/mol. The molecule has 3 heterocycles. The summed E-state index contributed by atoms with van der Waals surface area (Å²) < 4.78 is 74.9. The predicted octanol–water partition coefficient (Wildman–Crippen LogP) is 11.4. The zero-order valence-electron chi connectivity index (χ0n) is 41.2. The summed E-state index contributed by atoms with van der Waals surface area (Å²) in [5.74, 6) is -1.16. The van der Waals surface area contributed by atoms with E-state index in [0.29, 0.717) is 11.1 Å². The molecule has 64 heavy (non-hydrogen) atoms. The van der Waals surface area contributed by atoms with Crippen molar-refractivity contribution in [2.24, 2.45) is 0 Å². The number of ether oxygens (including phenoxy) is 2. The topological polar surface area (TPSA) is 132 Å². The van der Waals surface area contributed by atoms with Gasteiger partial charge in [-0.25, -0.2) is 18.4 Å². The Labute approximate surface area is 399 Å². The molecular formula is C44H68B3BrCl2F2N2O10. The molecule has 3 saturated heterocycles. The Morgan fingerprint density at radius 3 is 1.20 bits per heavy atom. The van der Waals surface area contributed by atoms with Crippen LogP contribution in [0.2, 0.25) is 10.0 Å². The van der Waals surface area contributed by atoms with Crippen LogP contribution in [-0.2, 0) is 37.4 Å². The largest absolute Gasteiger partial charge is 0.497 e. The molecule has 3 aliphatic rings. The summed E-state index contributed by atoms with van der Waals surface area (Å²) in [4.78, 5) is 23.6. The maximum atomic E-state index is 15.0. The molecule has 358 valence electrons. The second-order valence-corrected chi connectivity index (χ2v) is 22.8. The van der Waals surface area contributed by atoms with E-state index in [0.717, 1.165) is 0 Å². The SMILES string of the molecule is CC1(C)OB(B2OC(C)(C)C(C)(C)O2)OC1(C)C.C[C@@H](NC(=O)OC(C)(C)C)c1ccc(B2OC(C)(C)C(C)(C)O2)c(F)c1Cl.C[C@@H](NC(=O)OC(C)(C)C)c1ccc(Br)c(F)c1Cl. The van der Waals surface area contributed by atoms with Crippen molar-refractivity contribution in [3.63, 3.8) is 0 Å². The maximum Gasteiger partial charge on any atom is 0.497 e. The number of carbonyl (C=O) groups is 2. The molecule has 0 bridgehead atoms. The number of carbonyl (C=O) groups excluding carboxylic acids is 2. The van der Waals surface area contributed by atoms with E-state index in [2.05, 4.69) is 26.6 Å². The van der Waals surface area contributed by atoms with Gasteiger partial charge in [-0.15, -0.1) is 0 Å². The van der Waals surface area contributed by atoms with E-state index in [-0.39, 0.29) is 42.4 Å². The van der Waals surface area contributed by atoms with Gasteiger partial charge in [-0.1, -0.05) is 41.4 Å². The number of halogens is 5. The summed E-state index contributed by atoms with van der Waals surface area (Å²) >= 11 is 15.2. The Morgan fingerprint density at radius 1 is 0.578 bits per heavy atom. The van der Waals surface area contributed by atoms with E-state index in [1.165, 1.54) is 0 Å². The third kappa shape index (κ3) is 13.7. The van der Waals surface area contributed by atoms with Crippen molar-refractivity contribution < 1.29 is 55.8 Å². The fourth-order valence-electron chi connectivity index (χ4n) is 6.06. The molecular weight excluding hydrogens is 938 g/mol. The average Bonchev–Trinajstić information content (AvgIpc) is 3.56. The van der Waals surface area contributed by atoms with Crippen molar-refractivity contribution in [2.75, 3.05) is 0 Å². The highest BCUT2D eigenvalue weighted by atomic mass is 79.9. The van der Waals surface area contributed by atoms with Gasteiger partial charge in [0.05, 0.1) is 60.2 Å². The number of benzene rings is 2. The zero-order chi connectivity index (χ0) is 49.6. The van der Waals surface area contributed by atoms with Gasteiger partial charge in [0.15, 0.2) is 5.82 Å². The van der Waals surface area contributed by atoms with Crippen LogP contribution < -0.4 is 16.1 Å². The smallest absolute Gasteiger partial charge is 0.444 e. The van der Waals surface area contributed by atoms with Gasteiger partial charge in [0.25, 0.3) is 0 Å². The minimum atomic E-state index is -0.851. The van der Waals surface area contributed by atoms with Crippen molar-refractivity contribution >= 4 is 77.9 Å². The number of hydrogen-bond acceptors (Lipinski definition) is 10. The molecule has 0 spiro atoms. The lowest BCUT2D eigenvalue weighted by atomic mass is 9.49. The van der Waals surface area contributed by atoms with E-state index in [1.54, 1.807) is 79.7 Å². The molecule has 0 unspecified atom stereocenters. The van der Waals surface area contributed by atoms with Gasteiger partial charge in [0.2, 0.25) is 0 Å². The molecule has 0 aliphatic carbocycles. The van der Waals surface area contributed by atoms with Crippen LogP contribution >= 0.6 is 39.1 Å². The van der Waals surface area contributed by atoms with Crippen LogP contribution in [0.25, 0.3) is 0 Å². The normalized spacial score (nSPS) is 21.2. The van der Waals surface area contributed by atoms with Crippen LogP contribution in [0.5, 0.6) is 0 Å². The summed E-state index contributed by atoms with van der Waals surface area (Å²) in [5.41, 5.74) is -2.65. The van der Waals surface area contributed by atoms with Crippen LogP contribution in [0.15, 0.2) is 28.7 Å². The van der Waals surface area contributed by atoms with E-state index in [4.69, 9.17) is 60.6 Å². The second-order valence-electron chi connectivity index (χ2n) is 21.2. The Balaban J connectivity index is 0.000000263. The lowest BCUT2D eigenvalue weighted by Gasteiger charge is -2.32. The number of amides is 2. The fourth-order valence-corrected chi connectivity index (χ4v) is 7.17. The molecule has 2 atom stereocenters. The van der Waals surface area contributed by atoms with Crippen molar-refractivity contribution in [3.8, 4) is 0 Å². The minimum absolute atomic E-state index is 0.0158. The first kappa shape index (κ1) is 56.2. The quantitative estimate of drug-likeness (QED) is 0.213. The van der Waals surface area contributed by atoms with Gasteiger partial charge < -0.3 is 48.0 Å². The van der Waals surface area contributed by atoms with Crippen LogP contribution in [0.3, 0.4) is 0 Å². The summed E-state index contributed by atoms with van der Waals surface area (Å²) in [6.45, 7) is 37.8. The van der Waals surface area contributed by atoms with Gasteiger partial charge in [-0.2, -0.15) is 0 Å². The second kappa shape index (κ2) is 19.8. The zero-order valence-corrected chi connectivity index (χ0v) is 44.3. The van der Waals surface area contributed by atoms with Crippen molar-refractivity contribution in [2.45, 2.75) is 195 Å². The van der Waals surface area contributed by atoms with Crippen molar-refractivity contribution in [1.29, 1.82) is 0 Å². The lowest BCUT2D eigenvalue weighted by Crippen LogP contribution is -2.41. The van der Waals surface area contributed by atoms with Crippen LogP contribution in [-0.4, -0.2) is 78.1 Å². The molecule has 5 rings (SSSR count). The van der Waals surface area contributed by atoms with E-state index in [1.807, 2.05) is 83.1 Å². The number of hydrogen-bond donors (Lipinski definition) is 2. The molecule has 2 aromatic rings. The standard InChI is InChI=1S/C19H28BClFNO4.C13H16BrClFNO2.C12H24B2O4/c1-11(23-16(24)25-17(2,3)4)12-9-10-13(15(22)14(12)21)20-26-18(5,6)19(7,8)27-20;1-7(17-12(18)19-13(2,3)4)8-5-6-9(14)11(16)10(8)15;1-9(2)10(3,4)16-13(15-9)14-17-11(5,6)12(7,8)18-14/h9-11H,1-8H3,(H,23,24);5-7H,1-4H3,(H,17,18);1-8H3/t11-;7-;/m11./s1. The number of alkyl carbamates (subject to hydrolysis) is 2. The third-order valence-electron chi connectivity index (χ3n) is 11.9. The van der Waals surface area contributed by atoms with Crippen molar-refractivity contribution in [1.82, 2.24) is 10.6 Å². The molecule has 0 saturated carbocycles. The molecule has 12 nitrogen and oxygen atoms in total. The summed E-state index contributed by atoms with van der Waals surface area (Å²) in [5, 5.41) is 5.18. The first-order valence-corrected chi connectivity index (χ1v) is 22.9. The summed E-state index contributed by atoms with van der Waals surface area (Å²) in [7, 11) is -1.80. The van der Waals surface area contributed by atoms with Crippen molar-refractivity contribution in [3.05, 3.63) is 61.5 Å². The van der Waals surface area contributed by atoms with Gasteiger partial charge in [0.1, 0.15) is 17.0 Å². The Kier molecular flexibility index (Phi) is 17.4. The highest BCUT2D eigenvalue weighted by Crippen LogP contribution is 2.43. The lowest BCUT2D eigenvalue weighted by molar-refractivity contribution is 0.00578. The predicted molar refractivity (Wildman–Crippen MR) is 254 cm³/mol. The van der Waals surface area contributed by atoms with Crippen LogP contribution in [0.1, 0.15) is 162 Å². The number of rotatable bonds is 6. The number of nitrogens with one attached hydrogen (secondary N) is 2. The van der Waals surface area contributed by atoms with E-state index in [9.17, 15) is 18.4 Å². The highest BCUT2D eigenvalue weighted by molar-refractivity contribution is 9.10. The van der Waals surface area contributed by atoms with E-state index >= 15 is 0 Å².